The van der Waals surface area contributed by atoms with Crippen LogP contribution in [-0.2, 0) is 0 Å². The highest BCUT2D eigenvalue weighted by molar-refractivity contribution is 6.31. The molecule has 2 nitrogen and oxygen atoms in total. The van der Waals surface area contributed by atoms with Crippen molar-refractivity contribution < 1.29 is 10.2 Å². The number of rotatable bonds is 2. The Labute approximate surface area is 89.1 Å². The third kappa shape index (κ3) is 1.86. The molecule has 3 heteroatoms. The molecular formula is C11H15ClO2. The maximum atomic E-state index is 9.72. The Hall–Kier alpha value is -0.730. The Morgan fingerprint density at radius 1 is 1.43 bits per heavy atom. The molecule has 1 rings (SSSR count). The van der Waals surface area contributed by atoms with Crippen LogP contribution in [-0.4, -0.2) is 16.8 Å². The van der Waals surface area contributed by atoms with E-state index in [0.29, 0.717) is 5.02 Å². The topological polar surface area (TPSA) is 40.5 Å². The highest BCUT2D eigenvalue weighted by Crippen LogP contribution is 2.35. The van der Waals surface area contributed by atoms with E-state index >= 15 is 0 Å². The quantitative estimate of drug-likeness (QED) is 0.795. The van der Waals surface area contributed by atoms with Gasteiger partial charge in [0.15, 0.2) is 0 Å². The largest absolute Gasteiger partial charge is 0.507 e. The molecule has 0 aliphatic carbocycles. The molecule has 1 aromatic carbocycles. The van der Waals surface area contributed by atoms with Crippen LogP contribution in [0.2, 0.25) is 5.02 Å². The molecule has 1 aromatic rings. The van der Waals surface area contributed by atoms with Crippen LogP contribution in [0.4, 0.5) is 0 Å². The van der Waals surface area contributed by atoms with Crippen molar-refractivity contribution in [3.8, 4) is 5.75 Å². The molecule has 0 saturated heterocycles. The number of benzene rings is 1. The van der Waals surface area contributed by atoms with Gasteiger partial charge >= 0.3 is 0 Å². The first-order chi connectivity index (χ1) is 6.49. The summed E-state index contributed by atoms with van der Waals surface area (Å²) in [6.07, 6.45) is 0. The average molecular weight is 215 g/mol. The van der Waals surface area contributed by atoms with Crippen LogP contribution >= 0.6 is 11.6 Å². The molecule has 0 aliphatic heterocycles. The van der Waals surface area contributed by atoms with Crippen molar-refractivity contribution in [3.05, 3.63) is 27.8 Å². The van der Waals surface area contributed by atoms with Gasteiger partial charge in [0.1, 0.15) is 5.75 Å². The summed E-state index contributed by atoms with van der Waals surface area (Å²) < 4.78 is 0. The lowest BCUT2D eigenvalue weighted by atomic mass is 9.94. The maximum Gasteiger partial charge on any atom is 0.121 e. The lowest BCUT2D eigenvalue weighted by molar-refractivity contribution is 0.272. The Balaban J connectivity index is 3.36. The first kappa shape index (κ1) is 11.3. The van der Waals surface area contributed by atoms with Crippen LogP contribution in [0.25, 0.3) is 0 Å². The minimum Gasteiger partial charge on any atom is -0.507 e. The Bertz CT molecular complexity index is 348. The van der Waals surface area contributed by atoms with E-state index in [-0.39, 0.29) is 18.3 Å². The van der Waals surface area contributed by atoms with Crippen molar-refractivity contribution in [2.45, 2.75) is 26.7 Å². The summed E-state index contributed by atoms with van der Waals surface area (Å²) in [5, 5.41) is 19.4. The predicted octanol–water partition coefficient (Wildman–Crippen LogP) is 2.76. The normalized spacial score (nSPS) is 12.9. The highest BCUT2D eigenvalue weighted by Gasteiger charge is 2.16. The van der Waals surface area contributed by atoms with Gasteiger partial charge in [-0.15, -0.1) is 0 Å². The molecule has 0 heterocycles. The Morgan fingerprint density at radius 3 is 2.50 bits per heavy atom. The zero-order chi connectivity index (χ0) is 10.9. The van der Waals surface area contributed by atoms with Gasteiger partial charge < -0.3 is 10.2 Å². The number of hydrogen-bond acceptors (Lipinski definition) is 2. The SMILES string of the molecule is Cc1cc(Cl)c(C(C)CO)c(C)c1O. The number of halogens is 1. The van der Waals surface area contributed by atoms with Gasteiger partial charge in [-0.3, -0.25) is 0 Å². The van der Waals surface area contributed by atoms with Gasteiger partial charge in [-0.1, -0.05) is 18.5 Å². The standard InChI is InChI=1S/C11H15ClO2/c1-6-4-9(12)10(7(2)5-13)8(3)11(6)14/h4,7,13-14H,5H2,1-3H3. The number of phenolic OH excluding ortho intramolecular Hbond substituents is 1. The fourth-order valence-electron chi connectivity index (χ4n) is 1.63. The van der Waals surface area contributed by atoms with Gasteiger partial charge in [-0.05, 0) is 36.6 Å². The molecule has 1 unspecified atom stereocenters. The second-order valence-electron chi connectivity index (χ2n) is 3.65. The van der Waals surface area contributed by atoms with Crippen LogP contribution in [0.5, 0.6) is 5.75 Å². The van der Waals surface area contributed by atoms with E-state index in [1.54, 1.807) is 6.07 Å². The van der Waals surface area contributed by atoms with Crippen molar-refractivity contribution in [2.24, 2.45) is 0 Å². The lowest BCUT2D eigenvalue weighted by Crippen LogP contribution is -2.03. The van der Waals surface area contributed by atoms with Gasteiger partial charge in [0, 0.05) is 17.5 Å². The van der Waals surface area contributed by atoms with Crippen LogP contribution in [0.3, 0.4) is 0 Å². The van der Waals surface area contributed by atoms with E-state index in [1.807, 2.05) is 20.8 Å². The van der Waals surface area contributed by atoms with Crippen molar-refractivity contribution in [1.82, 2.24) is 0 Å². The first-order valence-corrected chi connectivity index (χ1v) is 4.96. The van der Waals surface area contributed by atoms with Crippen LogP contribution < -0.4 is 0 Å². The van der Waals surface area contributed by atoms with E-state index in [9.17, 15) is 5.11 Å². The Kier molecular flexibility index (Phi) is 3.40. The number of aliphatic hydroxyl groups excluding tert-OH is 1. The van der Waals surface area contributed by atoms with Crippen LogP contribution in [0.15, 0.2) is 6.07 Å². The van der Waals surface area contributed by atoms with Gasteiger partial charge in [0.2, 0.25) is 0 Å². The molecule has 0 amide bonds. The zero-order valence-corrected chi connectivity index (χ0v) is 9.39. The van der Waals surface area contributed by atoms with Gasteiger partial charge in [0.05, 0.1) is 0 Å². The molecular weight excluding hydrogens is 200 g/mol. The summed E-state index contributed by atoms with van der Waals surface area (Å²) in [4.78, 5) is 0. The minimum absolute atomic E-state index is 0.0308. The molecule has 2 N–H and O–H groups in total. The molecule has 1 atom stereocenters. The third-order valence-corrected chi connectivity index (χ3v) is 2.81. The fraction of sp³-hybridized carbons (Fsp3) is 0.455. The van der Waals surface area contributed by atoms with Gasteiger partial charge in [0.25, 0.3) is 0 Å². The summed E-state index contributed by atoms with van der Waals surface area (Å²) in [6.45, 7) is 5.53. The summed E-state index contributed by atoms with van der Waals surface area (Å²) in [5.41, 5.74) is 2.36. The molecule has 0 aliphatic rings. The lowest BCUT2D eigenvalue weighted by Gasteiger charge is -2.16. The number of aromatic hydroxyl groups is 1. The Morgan fingerprint density at radius 2 is 2.00 bits per heavy atom. The molecule has 0 aromatic heterocycles. The average Bonchev–Trinajstić information content (AvgIpc) is 2.14. The molecule has 14 heavy (non-hydrogen) atoms. The fourth-order valence-corrected chi connectivity index (χ4v) is 2.13. The second-order valence-corrected chi connectivity index (χ2v) is 4.05. The van der Waals surface area contributed by atoms with Crippen molar-refractivity contribution in [2.75, 3.05) is 6.61 Å². The van der Waals surface area contributed by atoms with Crippen LogP contribution in [0, 0.1) is 13.8 Å². The second kappa shape index (κ2) is 4.20. The summed E-state index contributed by atoms with van der Waals surface area (Å²) in [7, 11) is 0. The van der Waals surface area contributed by atoms with Crippen molar-refractivity contribution in [3.63, 3.8) is 0 Å². The number of phenols is 1. The predicted molar refractivity (Wildman–Crippen MR) is 58.1 cm³/mol. The maximum absolute atomic E-state index is 9.72. The molecule has 0 bridgehead atoms. The van der Waals surface area contributed by atoms with E-state index < -0.39 is 0 Å². The van der Waals surface area contributed by atoms with Crippen molar-refractivity contribution >= 4 is 11.6 Å². The minimum atomic E-state index is -0.0472. The van der Waals surface area contributed by atoms with Gasteiger partial charge in [-0.25, -0.2) is 0 Å². The molecule has 0 spiro atoms. The summed E-state index contributed by atoms with van der Waals surface area (Å²) in [5.74, 6) is 0.221. The third-order valence-electron chi connectivity index (χ3n) is 2.50. The summed E-state index contributed by atoms with van der Waals surface area (Å²) in [6, 6.07) is 1.73. The molecule has 0 saturated carbocycles. The van der Waals surface area contributed by atoms with E-state index in [1.165, 1.54) is 0 Å². The van der Waals surface area contributed by atoms with Gasteiger partial charge in [-0.2, -0.15) is 0 Å². The monoisotopic (exact) mass is 214 g/mol. The highest BCUT2D eigenvalue weighted by atomic mass is 35.5. The van der Waals surface area contributed by atoms with E-state index in [2.05, 4.69) is 0 Å². The zero-order valence-electron chi connectivity index (χ0n) is 8.63. The number of aryl methyl sites for hydroxylation is 1. The molecule has 0 fully saturated rings. The number of aliphatic hydroxyl groups is 1. The van der Waals surface area contributed by atoms with E-state index in [0.717, 1.165) is 16.7 Å². The number of hydrogen-bond donors (Lipinski definition) is 2. The van der Waals surface area contributed by atoms with Crippen LogP contribution in [0.1, 0.15) is 29.5 Å². The van der Waals surface area contributed by atoms with E-state index in [4.69, 9.17) is 16.7 Å². The molecule has 0 radical (unpaired) electrons. The smallest absolute Gasteiger partial charge is 0.121 e. The first-order valence-electron chi connectivity index (χ1n) is 4.58. The molecule has 78 valence electrons. The summed E-state index contributed by atoms with van der Waals surface area (Å²) >= 11 is 6.06. The van der Waals surface area contributed by atoms with Crippen molar-refractivity contribution in [1.29, 1.82) is 0 Å².